The first kappa shape index (κ1) is 17.2. The number of ether oxygens (including phenoxy) is 1. The first-order valence-corrected chi connectivity index (χ1v) is 8.58. The smallest absolute Gasteiger partial charge is 0.338 e. The summed E-state index contributed by atoms with van der Waals surface area (Å²) in [6, 6.07) is 7.72. The minimum absolute atomic E-state index is 0.287. The van der Waals surface area contributed by atoms with Gasteiger partial charge in [0.25, 0.3) is 0 Å². The molecule has 0 fully saturated rings. The molecule has 6 heteroatoms. The van der Waals surface area contributed by atoms with Gasteiger partial charge in [-0.05, 0) is 65.3 Å². The molecule has 1 aliphatic heterocycles. The van der Waals surface area contributed by atoms with Gasteiger partial charge in [-0.3, -0.25) is 0 Å². The highest BCUT2D eigenvalue weighted by Crippen LogP contribution is 2.28. The third kappa shape index (κ3) is 4.19. The maximum atomic E-state index is 12.5. The fraction of sp³-hybridized carbons (Fsp3) is 0.375. The van der Waals surface area contributed by atoms with Crippen molar-refractivity contribution in [2.24, 2.45) is 5.92 Å². The standard InChI is InChI=1S/C16H19IN2O2S/c1-9(2)8-21-15(20)13-10(3)18-16(22)19-14(13)11-4-6-12(17)7-5-11/h4-7,9,14H,8H2,1-3H3,(H2,18,19,22). The number of halogens is 1. The molecule has 0 saturated heterocycles. The molecule has 0 amide bonds. The van der Waals surface area contributed by atoms with E-state index < -0.39 is 0 Å². The quantitative estimate of drug-likeness (QED) is 0.436. The fourth-order valence-electron chi connectivity index (χ4n) is 2.19. The van der Waals surface area contributed by atoms with Crippen LogP contribution in [0.15, 0.2) is 35.5 Å². The number of carbonyl (C=O) groups is 1. The molecule has 0 aromatic heterocycles. The average molecular weight is 430 g/mol. The van der Waals surface area contributed by atoms with Gasteiger partial charge in [0.05, 0.1) is 18.2 Å². The molecule has 1 aliphatic rings. The van der Waals surface area contributed by atoms with E-state index in [2.05, 4.69) is 33.2 Å². The maximum absolute atomic E-state index is 12.5. The lowest BCUT2D eigenvalue weighted by Gasteiger charge is -2.30. The predicted octanol–water partition coefficient (Wildman–Crippen LogP) is 3.28. The number of esters is 1. The highest BCUT2D eigenvalue weighted by atomic mass is 127. The highest BCUT2D eigenvalue weighted by molar-refractivity contribution is 14.1. The predicted molar refractivity (Wildman–Crippen MR) is 99.3 cm³/mol. The van der Waals surface area contributed by atoms with Crippen molar-refractivity contribution in [2.45, 2.75) is 26.8 Å². The van der Waals surface area contributed by atoms with Crippen LogP contribution in [0.4, 0.5) is 0 Å². The van der Waals surface area contributed by atoms with Crippen molar-refractivity contribution in [3.05, 3.63) is 44.7 Å². The van der Waals surface area contributed by atoms with Gasteiger partial charge in [0.2, 0.25) is 0 Å². The van der Waals surface area contributed by atoms with Gasteiger partial charge in [-0.2, -0.15) is 0 Å². The zero-order valence-electron chi connectivity index (χ0n) is 12.8. The van der Waals surface area contributed by atoms with Crippen molar-refractivity contribution in [3.8, 4) is 0 Å². The van der Waals surface area contributed by atoms with Crippen LogP contribution in [0, 0.1) is 9.49 Å². The second kappa shape index (κ2) is 7.41. The Bertz CT molecular complexity index is 611. The zero-order valence-corrected chi connectivity index (χ0v) is 15.7. The summed E-state index contributed by atoms with van der Waals surface area (Å²) in [5.74, 6) is -0.00977. The Balaban J connectivity index is 2.32. The van der Waals surface area contributed by atoms with Crippen LogP contribution in [0.3, 0.4) is 0 Å². The molecule has 1 unspecified atom stereocenters. The summed E-state index contributed by atoms with van der Waals surface area (Å²) in [4.78, 5) is 12.5. The first-order valence-electron chi connectivity index (χ1n) is 7.09. The largest absolute Gasteiger partial charge is 0.462 e. The monoisotopic (exact) mass is 430 g/mol. The summed E-state index contributed by atoms with van der Waals surface area (Å²) in [5, 5.41) is 6.68. The Hall–Kier alpha value is -1.15. The van der Waals surface area contributed by atoms with Crippen LogP contribution < -0.4 is 10.6 Å². The number of hydrogen-bond donors (Lipinski definition) is 2. The molecule has 2 N–H and O–H groups in total. The third-order valence-electron chi connectivity index (χ3n) is 3.24. The van der Waals surface area contributed by atoms with Crippen LogP contribution in [-0.4, -0.2) is 17.7 Å². The van der Waals surface area contributed by atoms with Crippen LogP contribution >= 0.6 is 34.8 Å². The number of allylic oxidation sites excluding steroid dienone is 1. The molecular formula is C16H19IN2O2S. The second-order valence-electron chi connectivity index (χ2n) is 5.61. The number of thiocarbonyl (C=S) groups is 1. The fourth-order valence-corrected chi connectivity index (χ4v) is 2.82. The molecule has 118 valence electrons. The van der Waals surface area contributed by atoms with Gasteiger partial charge in [-0.1, -0.05) is 26.0 Å². The van der Waals surface area contributed by atoms with E-state index in [1.54, 1.807) is 0 Å². The van der Waals surface area contributed by atoms with E-state index in [1.165, 1.54) is 0 Å². The highest BCUT2D eigenvalue weighted by Gasteiger charge is 2.30. The Morgan fingerprint density at radius 1 is 1.36 bits per heavy atom. The lowest BCUT2D eigenvalue weighted by atomic mass is 9.96. The molecule has 0 saturated carbocycles. The van der Waals surface area contributed by atoms with Crippen LogP contribution in [0.1, 0.15) is 32.4 Å². The van der Waals surface area contributed by atoms with Crippen molar-refractivity contribution in [2.75, 3.05) is 6.61 Å². The molecule has 0 radical (unpaired) electrons. The molecule has 0 bridgehead atoms. The SMILES string of the molecule is CC1=C(C(=O)OCC(C)C)C(c2ccc(I)cc2)NC(=S)N1. The summed E-state index contributed by atoms with van der Waals surface area (Å²) in [5.41, 5.74) is 2.30. The molecule has 1 aromatic rings. The lowest BCUT2D eigenvalue weighted by Crippen LogP contribution is -2.45. The van der Waals surface area contributed by atoms with E-state index in [-0.39, 0.29) is 12.0 Å². The molecule has 1 atom stereocenters. The lowest BCUT2D eigenvalue weighted by molar-refractivity contribution is -0.140. The molecule has 2 rings (SSSR count). The summed E-state index contributed by atoms with van der Waals surface area (Å²) >= 11 is 7.47. The van der Waals surface area contributed by atoms with Gasteiger partial charge in [0.1, 0.15) is 0 Å². The number of benzene rings is 1. The van der Waals surface area contributed by atoms with Crippen molar-refractivity contribution < 1.29 is 9.53 Å². The van der Waals surface area contributed by atoms with E-state index in [1.807, 2.05) is 45.0 Å². The van der Waals surface area contributed by atoms with Crippen LogP contribution in [0.25, 0.3) is 0 Å². The van der Waals surface area contributed by atoms with Gasteiger partial charge >= 0.3 is 5.97 Å². The van der Waals surface area contributed by atoms with E-state index in [0.29, 0.717) is 23.2 Å². The van der Waals surface area contributed by atoms with Gasteiger partial charge in [-0.25, -0.2) is 4.79 Å². The van der Waals surface area contributed by atoms with E-state index in [4.69, 9.17) is 17.0 Å². The van der Waals surface area contributed by atoms with Gasteiger partial charge < -0.3 is 15.4 Å². The summed E-state index contributed by atoms with van der Waals surface area (Å²) in [6.45, 7) is 6.27. The first-order chi connectivity index (χ1) is 10.4. The molecule has 1 heterocycles. The molecule has 0 spiro atoms. The number of nitrogens with one attached hydrogen (secondary N) is 2. The zero-order chi connectivity index (χ0) is 16.3. The van der Waals surface area contributed by atoms with Crippen molar-refractivity contribution in [1.82, 2.24) is 10.6 Å². The Labute approximate surface area is 149 Å². The van der Waals surface area contributed by atoms with E-state index in [0.717, 1.165) is 14.8 Å². The maximum Gasteiger partial charge on any atom is 0.338 e. The topological polar surface area (TPSA) is 50.4 Å². The molecule has 4 nitrogen and oxygen atoms in total. The van der Waals surface area contributed by atoms with Crippen LogP contribution in [-0.2, 0) is 9.53 Å². The Kier molecular flexibility index (Phi) is 5.80. The molecular weight excluding hydrogens is 411 g/mol. The minimum atomic E-state index is -0.308. The summed E-state index contributed by atoms with van der Waals surface area (Å²) in [6.07, 6.45) is 0. The molecule has 0 aliphatic carbocycles. The van der Waals surface area contributed by atoms with E-state index in [9.17, 15) is 4.79 Å². The van der Waals surface area contributed by atoms with Crippen molar-refractivity contribution in [1.29, 1.82) is 0 Å². The van der Waals surface area contributed by atoms with Gasteiger partial charge in [0, 0.05) is 9.27 Å². The molecule has 1 aromatic carbocycles. The van der Waals surface area contributed by atoms with E-state index >= 15 is 0 Å². The Morgan fingerprint density at radius 3 is 2.59 bits per heavy atom. The van der Waals surface area contributed by atoms with Crippen LogP contribution in [0.5, 0.6) is 0 Å². The third-order valence-corrected chi connectivity index (χ3v) is 4.18. The summed E-state index contributed by atoms with van der Waals surface area (Å²) in [7, 11) is 0. The van der Waals surface area contributed by atoms with Gasteiger partial charge in [0.15, 0.2) is 5.11 Å². The Morgan fingerprint density at radius 2 is 2.00 bits per heavy atom. The number of rotatable bonds is 4. The van der Waals surface area contributed by atoms with Crippen molar-refractivity contribution >= 4 is 45.9 Å². The van der Waals surface area contributed by atoms with Gasteiger partial charge in [-0.15, -0.1) is 0 Å². The average Bonchev–Trinajstić information content (AvgIpc) is 2.44. The number of carbonyl (C=O) groups excluding carboxylic acids is 1. The van der Waals surface area contributed by atoms with Crippen LogP contribution in [0.2, 0.25) is 0 Å². The van der Waals surface area contributed by atoms with Crippen molar-refractivity contribution in [3.63, 3.8) is 0 Å². The number of hydrogen-bond acceptors (Lipinski definition) is 3. The minimum Gasteiger partial charge on any atom is -0.462 e. The molecule has 22 heavy (non-hydrogen) atoms. The normalized spacial score (nSPS) is 18.0. The second-order valence-corrected chi connectivity index (χ2v) is 7.27. The summed E-state index contributed by atoms with van der Waals surface area (Å²) < 4.78 is 6.54.